The van der Waals surface area contributed by atoms with E-state index in [9.17, 15) is 17.6 Å². The van der Waals surface area contributed by atoms with Crippen LogP contribution in [0.15, 0.2) is 23.1 Å². The number of ether oxygens (including phenoxy) is 1. The van der Waals surface area contributed by atoms with E-state index >= 15 is 0 Å². The lowest BCUT2D eigenvalue weighted by Crippen LogP contribution is -2.32. The number of thioether (sulfide) groups is 1. The lowest BCUT2D eigenvalue weighted by atomic mass is 10.1. The van der Waals surface area contributed by atoms with Gasteiger partial charge >= 0.3 is 6.18 Å². The Balaban J connectivity index is 1.94. The summed E-state index contributed by atoms with van der Waals surface area (Å²) in [4.78, 5) is 2.89. The molecule has 1 aromatic rings. The quantitative estimate of drug-likeness (QED) is 0.754. The second-order valence-corrected chi connectivity index (χ2v) is 7.46. The molecule has 0 amide bonds. The van der Waals surface area contributed by atoms with Crippen LogP contribution in [0.1, 0.15) is 17.5 Å². The van der Waals surface area contributed by atoms with Crippen molar-refractivity contribution in [3.05, 3.63) is 34.2 Å². The van der Waals surface area contributed by atoms with Crippen molar-refractivity contribution < 1.29 is 22.3 Å². The van der Waals surface area contributed by atoms with Crippen LogP contribution >= 0.6 is 11.8 Å². The van der Waals surface area contributed by atoms with E-state index in [-0.39, 0.29) is 11.2 Å². The summed E-state index contributed by atoms with van der Waals surface area (Å²) >= 11 is 1.51. The van der Waals surface area contributed by atoms with Gasteiger partial charge in [-0.05, 0) is 37.2 Å². The third-order valence-corrected chi connectivity index (χ3v) is 5.66. The van der Waals surface area contributed by atoms with Crippen LogP contribution < -0.4 is 15.4 Å². The van der Waals surface area contributed by atoms with Crippen LogP contribution in [0.3, 0.4) is 0 Å². The highest BCUT2D eigenvalue weighted by Gasteiger charge is 2.36. The maximum atomic E-state index is 13.4. The van der Waals surface area contributed by atoms with Crippen molar-refractivity contribution in [3.63, 3.8) is 0 Å². The van der Waals surface area contributed by atoms with Crippen molar-refractivity contribution in [1.82, 2.24) is 15.5 Å². The largest absolute Gasteiger partial charge is 0.496 e. The molecule has 1 aromatic carbocycles. The summed E-state index contributed by atoms with van der Waals surface area (Å²) in [5.74, 6) is -0.209. The number of halogens is 4. The number of nitrogens with zero attached hydrogens (tertiary/aromatic N) is 1. The van der Waals surface area contributed by atoms with E-state index in [1.54, 1.807) is 13.1 Å². The first-order valence-electron chi connectivity index (χ1n) is 8.27. The van der Waals surface area contributed by atoms with Gasteiger partial charge in [-0.15, -0.1) is 0 Å². The normalized spacial score (nSPS) is 24.2. The Morgan fingerprint density at radius 2 is 2.15 bits per heavy atom. The van der Waals surface area contributed by atoms with E-state index in [1.807, 2.05) is 4.90 Å². The summed E-state index contributed by atoms with van der Waals surface area (Å²) in [5.41, 5.74) is 0.133. The summed E-state index contributed by atoms with van der Waals surface area (Å²) in [6.07, 6.45) is -4.85. The molecule has 2 aliphatic heterocycles. The minimum atomic E-state index is -4.51. The van der Waals surface area contributed by atoms with Gasteiger partial charge in [-0.3, -0.25) is 10.2 Å². The number of nitrogens with one attached hydrogen (secondary N) is 2. The molecular weight excluding hydrogens is 370 g/mol. The number of alkyl halides is 4. The molecule has 0 saturated carbocycles. The molecule has 4 nitrogen and oxygen atoms in total. The lowest BCUT2D eigenvalue weighted by molar-refractivity contribution is -0.138. The molecule has 2 N–H and O–H groups in total. The highest BCUT2D eigenvalue weighted by molar-refractivity contribution is 8.04. The van der Waals surface area contributed by atoms with Crippen LogP contribution in [0.4, 0.5) is 17.6 Å². The summed E-state index contributed by atoms with van der Waals surface area (Å²) in [6, 6.07) is 4.04. The number of hydrogen-bond acceptors (Lipinski definition) is 5. The fraction of sp³-hybridized carbons (Fsp3) is 0.529. The minimum Gasteiger partial charge on any atom is -0.496 e. The molecule has 0 aliphatic carbocycles. The van der Waals surface area contributed by atoms with E-state index in [4.69, 9.17) is 4.74 Å². The number of benzene rings is 1. The van der Waals surface area contributed by atoms with Gasteiger partial charge in [0, 0.05) is 24.5 Å². The predicted molar refractivity (Wildman–Crippen MR) is 94.4 cm³/mol. The predicted octanol–water partition coefficient (Wildman–Crippen LogP) is 3.27. The van der Waals surface area contributed by atoms with Crippen LogP contribution in [0.5, 0.6) is 5.75 Å². The van der Waals surface area contributed by atoms with E-state index < -0.39 is 17.9 Å². The monoisotopic (exact) mass is 391 g/mol. The second-order valence-electron chi connectivity index (χ2n) is 6.26. The minimum absolute atomic E-state index is 0.139. The zero-order chi connectivity index (χ0) is 18.9. The Kier molecular flexibility index (Phi) is 5.69. The van der Waals surface area contributed by atoms with Gasteiger partial charge in [-0.2, -0.15) is 13.2 Å². The number of likely N-dealkylation sites (tertiary alicyclic amines) is 1. The maximum Gasteiger partial charge on any atom is 0.419 e. The molecule has 2 heterocycles. The molecule has 144 valence electrons. The van der Waals surface area contributed by atoms with Gasteiger partial charge in [0.25, 0.3) is 0 Å². The third-order valence-electron chi connectivity index (χ3n) is 4.45. The van der Waals surface area contributed by atoms with Crippen molar-refractivity contribution in [1.29, 1.82) is 0 Å². The van der Waals surface area contributed by atoms with Gasteiger partial charge in [0.1, 0.15) is 17.4 Å². The van der Waals surface area contributed by atoms with Crippen molar-refractivity contribution in [2.24, 2.45) is 0 Å². The third kappa shape index (κ3) is 4.10. The van der Waals surface area contributed by atoms with E-state index in [0.717, 1.165) is 11.0 Å². The zero-order valence-corrected chi connectivity index (χ0v) is 15.3. The number of rotatable bonds is 5. The van der Waals surface area contributed by atoms with Crippen molar-refractivity contribution >= 4 is 17.5 Å². The van der Waals surface area contributed by atoms with Crippen LogP contribution in [0, 0.1) is 0 Å². The first-order valence-corrected chi connectivity index (χ1v) is 9.15. The lowest BCUT2D eigenvalue weighted by Gasteiger charge is -2.17. The molecule has 0 radical (unpaired) electrons. The average Bonchev–Trinajstić information content (AvgIpc) is 3.20. The molecule has 9 heteroatoms. The van der Waals surface area contributed by atoms with Gasteiger partial charge < -0.3 is 10.1 Å². The van der Waals surface area contributed by atoms with Crippen molar-refractivity contribution in [2.45, 2.75) is 24.3 Å². The Bertz CT molecular complexity index is 695. The molecule has 26 heavy (non-hydrogen) atoms. The Hall–Kier alpha value is -1.45. The van der Waals surface area contributed by atoms with Crippen molar-refractivity contribution in [2.75, 3.05) is 33.8 Å². The molecule has 2 aliphatic rings. The molecular formula is C17H21F4N3OS. The summed E-state index contributed by atoms with van der Waals surface area (Å²) in [6.45, 7) is 1.52. The highest BCUT2D eigenvalue weighted by Crippen LogP contribution is 2.40. The topological polar surface area (TPSA) is 36.5 Å². The van der Waals surface area contributed by atoms with E-state index in [1.165, 1.54) is 24.9 Å². The van der Waals surface area contributed by atoms with Crippen LogP contribution in [0.25, 0.3) is 5.70 Å². The first kappa shape index (κ1) is 19.3. The molecule has 2 unspecified atom stereocenters. The number of hydrogen-bond donors (Lipinski definition) is 2. The summed E-state index contributed by atoms with van der Waals surface area (Å²) in [5, 5.41) is 6.28. The Labute approximate surface area is 154 Å². The first-order chi connectivity index (χ1) is 12.3. The average molecular weight is 391 g/mol. The van der Waals surface area contributed by atoms with Gasteiger partial charge in [-0.25, -0.2) is 4.39 Å². The van der Waals surface area contributed by atoms with Gasteiger partial charge in [0.2, 0.25) is 0 Å². The van der Waals surface area contributed by atoms with E-state index in [0.29, 0.717) is 37.3 Å². The standard InChI is InChI=1S/C17H21F4N3OS/c1-22-16-23-15(14(26-16)9-24-6-5-11(18)8-24)10-3-4-13(25-2)12(7-10)17(19,20)21/h3-4,7,11,16,22-23H,5-6,8-9H2,1-2H3. The van der Waals surface area contributed by atoms with Crippen molar-refractivity contribution in [3.8, 4) is 5.75 Å². The fourth-order valence-electron chi connectivity index (χ4n) is 3.15. The molecule has 0 aromatic heterocycles. The molecule has 1 saturated heterocycles. The van der Waals surface area contributed by atoms with Gasteiger partial charge in [0.05, 0.1) is 18.4 Å². The molecule has 2 atom stereocenters. The van der Waals surface area contributed by atoms with Crippen LogP contribution in [0.2, 0.25) is 0 Å². The highest BCUT2D eigenvalue weighted by atomic mass is 32.2. The fourth-order valence-corrected chi connectivity index (χ4v) is 4.28. The molecule has 0 spiro atoms. The maximum absolute atomic E-state index is 13.4. The number of methoxy groups -OCH3 is 1. The Morgan fingerprint density at radius 3 is 2.73 bits per heavy atom. The van der Waals surface area contributed by atoms with Crippen LogP contribution in [-0.2, 0) is 6.18 Å². The smallest absolute Gasteiger partial charge is 0.419 e. The SMILES string of the molecule is CNC1NC(c2ccc(OC)c(C(F)(F)F)c2)=C(CN2CCC(F)C2)S1. The second kappa shape index (κ2) is 7.66. The Morgan fingerprint density at radius 1 is 1.38 bits per heavy atom. The van der Waals surface area contributed by atoms with Gasteiger partial charge in [-0.1, -0.05) is 11.8 Å². The summed E-state index contributed by atoms with van der Waals surface area (Å²) in [7, 11) is 2.99. The molecule has 0 bridgehead atoms. The summed E-state index contributed by atoms with van der Waals surface area (Å²) < 4.78 is 58.3. The molecule has 3 rings (SSSR count). The molecule has 1 fully saturated rings. The van der Waals surface area contributed by atoms with E-state index in [2.05, 4.69) is 10.6 Å². The zero-order valence-electron chi connectivity index (χ0n) is 14.5. The van der Waals surface area contributed by atoms with Gasteiger partial charge in [0.15, 0.2) is 0 Å². The van der Waals surface area contributed by atoms with Crippen LogP contribution in [-0.4, -0.2) is 50.4 Å².